The van der Waals surface area contributed by atoms with Gasteiger partial charge in [0, 0.05) is 0 Å². The highest BCUT2D eigenvalue weighted by molar-refractivity contribution is 5.74. The van der Waals surface area contributed by atoms with Gasteiger partial charge in [-0.15, -0.1) is 0 Å². The van der Waals surface area contributed by atoms with Crippen LogP contribution in [0.2, 0.25) is 0 Å². The van der Waals surface area contributed by atoms with Crippen molar-refractivity contribution in [3.05, 3.63) is 0 Å². The predicted octanol–water partition coefficient (Wildman–Crippen LogP) is 8.12. The smallest absolute Gasteiger partial charge is 0.334 e. The molecular weight excluding hydrogens is 360 g/mol. The molecule has 0 aliphatic carbocycles. The standard InChI is InChI=1S/C26H52O3/c1-3-5-7-9-11-12-13-14-15-16-17-18-19-21-23-25(27)26(28)29-24-22-20-10-8-6-4-2/h25,27H,3-24H2,1-2H3. The molecule has 1 unspecified atom stereocenters. The number of esters is 1. The van der Waals surface area contributed by atoms with E-state index in [2.05, 4.69) is 13.8 Å². The monoisotopic (exact) mass is 412 g/mol. The van der Waals surface area contributed by atoms with Crippen LogP contribution in [-0.4, -0.2) is 23.8 Å². The van der Waals surface area contributed by atoms with Gasteiger partial charge < -0.3 is 9.84 Å². The van der Waals surface area contributed by atoms with Gasteiger partial charge in [0.2, 0.25) is 0 Å². The second kappa shape index (κ2) is 23.7. The Labute approximate surface area is 182 Å². The molecule has 0 rings (SSSR count). The number of carbonyl (C=O) groups is 1. The third kappa shape index (κ3) is 21.9. The lowest BCUT2D eigenvalue weighted by molar-refractivity contribution is -0.154. The van der Waals surface area contributed by atoms with E-state index >= 15 is 0 Å². The second-order valence-electron chi connectivity index (χ2n) is 8.84. The summed E-state index contributed by atoms with van der Waals surface area (Å²) in [5.74, 6) is -0.423. The summed E-state index contributed by atoms with van der Waals surface area (Å²) < 4.78 is 5.19. The van der Waals surface area contributed by atoms with Gasteiger partial charge in [-0.3, -0.25) is 0 Å². The molecule has 29 heavy (non-hydrogen) atoms. The van der Waals surface area contributed by atoms with E-state index < -0.39 is 12.1 Å². The topological polar surface area (TPSA) is 46.5 Å². The summed E-state index contributed by atoms with van der Waals surface area (Å²) >= 11 is 0. The molecule has 0 fully saturated rings. The molecule has 0 aromatic rings. The van der Waals surface area contributed by atoms with Crippen molar-refractivity contribution in [2.24, 2.45) is 0 Å². The average Bonchev–Trinajstić information content (AvgIpc) is 2.73. The van der Waals surface area contributed by atoms with Crippen molar-refractivity contribution in [1.82, 2.24) is 0 Å². The first-order valence-corrected chi connectivity index (χ1v) is 13.1. The number of carbonyl (C=O) groups excluding carboxylic acids is 1. The minimum atomic E-state index is -0.924. The van der Waals surface area contributed by atoms with Gasteiger partial charge in [0.05, 0.1) is 6.61 Å². The summed E-state index contributed by atoms with van der Waals surface area (Å²) in [5, 5.41) is 9.91. The molecule has 0 saturated carbocycles. The van der Waals surface area contributed by atoms with Gasteiger partial charge in [-0.2, -0.15) is 0 Å². The van der Waals surface area contributed by atoms with Crippen LogP contribution < -0.4 is 0 Å². The molecule has 0 aliphatic heterocycles. The molecule has 1 atom stereocenters. The molecule has 0 aromatic heterocycles. The Bertz CT molecular complexity index is 330. The Morgan fingerprint density at radius 1 is 0.586 bits per heavy atom. The van der Waals surface area contributed by atoms with Gasteiger partial charge in [-0.1, -0.05) is 136 Å². The number of aliphatic hydroxyl groups is 1. The molecular formula is C26H52O3. The molecule has 0 aliphatic rings. The summed E-state index contributed by atoms with van der Waals surface area (Å²) in [7, 11) is 0. The van der Waals surface area contributed by atoms with Crippen molar-refractivity contribution < 1.29 is 14.6 Å². The maximum absolute atomic E-state index is 11.8. The molecule has 0 spiro atoms. The molecule has 3 nitrogen and oxygen atoms in total. The highest BCUT2D eigenvalue weighted by atomic mass is 16.5. The van der Waals surface area contributed by atoms with Crippen molar-refractivity contribution in [3.8, 4) is 0 Å². The Morgan fingerprint density at radius 2 is 0.931 bits per heavy atom. The van der Waals surface area contributed by atoms with Crippen LogP contribution in [0.1, 0.15) is 149 Å². The Morgan fingerprint density at radius 3 is 1.34 bits per heavy atom. The first-order valence-electron chi connectivity index (χ1n) is 13.1. The van der Waals surface area contributed by atoms with Crippen molar-refractivity contribution in [2.75, 3.05) is 6.61 Å². The van der Waals surface area contributed by atoms with Crippen LogP contribution in [-0.2, 0) is 9.53 Å². The lowest BCUT2D eigenvalue weighted by Crippen LogP contribution is -2.23. The maximum atomic E-state index is 11.8. The third-order valence-electron chi connectivity index (χ3n) is 5.85. The van der Waals surface area contributed by atoms with Gasteiger partial charge in [-0.25, -0.2) is 4.79 Å². The molecule has 1 N–H and O–H groups in total. The maximum Gasteiger partial charge on any atom is 0.334 e. The van der Waals surface area contributed by atoms with Crippen LogP contribution in [0.5, 0.6) is 0 Å². The SMILES string of the molecule is CCCCCCCCCCCCCCCCC(O)C(=O)OCCCCCCCC. The highest BCUT2D eigenvalue weighted by Gasteiger charge is 2.15. The van der Waals surface area contributed by atoms with Crippen molar-refractivity contribution in [2.45, 2.75) is 155 Å². The second-order valence-corrected chi connectivity index (χ2v) is 8.84. The zero-order chi connectivity index (χ0) is 21.4. The van der Waals surface area contributed by atoms with Crippen LogP contribution >= 0.6 is 0 Å². The summed E-state index contributed by atoms with van der Waals surface area (Å²) in [6.45, 7) is 4.94. The largest absolute Gasteiger partial charge is 0.464 e. The summed E-state index contributed by atoms with van der Waals surface area (Å²) in [6, 6.07) is 0. The first kappa shape index (κ1) is 28.4. The quantitative estimate of drug-likeness (QED) is 0.136. The fourth-order valence-corrected chi connectivity index (χ4v) is 3.80. The van der Waals surface area contributed by atoms with E-state index in [1.54, 1.807) is 0 Å². The van der Waals surface area contributed by atoms with Crippen LogP contribution in [0.3, 0.4) is 0 Å². The molecule has 0 heterocycles. The molecule has 0 radical (unpaired) electrons. The van der Waals surface area contributed by atoms with Crippen LogP contribution in [0.15, 0.2) is 0 Å². The van der Waals surface area contributed by atoms with Gasteiger partial charge >= 0.3 is 5.97 Å². The average molecular weight is 413 g/mol. The number of rotatable bonds is 23. The molecule has 0 bridgehead atoms. The Hall–Kier alpha value is -0.570. The van der Waals surface area contributed by atoms with Crippen molar-refractivity contribution >= 4 is 5.97 Å². The molecule has 3 heteroatoms. The summed E-state index contributed by atoms with van der Waals surface area (Å²) in [5.41, 5.74) is 0. The Kier molecular flexibility index (Phi) is 23.2. The zero-order valence-electron chi connectivity index (χ0n) is 19.9. The molecule has 174 valence electrons. The fraction of sp³-hybridized carbons (Fsp3) is 0.962. The highest BCUT2D eigenvalue weighted by Crippen LogP contribution is 2.14. The lowest BCUT2D eigenvalue weighted by Gasteiger charge is -2.10. The zero-order valence-corrected chi connectivity index (χ0v) is 19.9. The van der Waals surface area contributed by atoms with E-state index in [9.17, 15) is 9.90 Å². The van der Waals surface area contributed by atoms with Crippen LogP contribution in [0.25, 0.3) is 0 Å². The normalized spacial score (nSPS) is 12.2. The molecule has 0 amide bonds. The van der Waals surface area contributed by atoms with Gasteiger partial charge in [0.15, 0.2) is 6.10 Å². The lowest BCUT2D eigenvalue weighted by atomic mass is 10.0. The van der Waals surface area contributed by atoms with Crippen LogP contribution in [0, 0.1) is 0 Å². The summed E-state index contributed by atoms with van der Waals surface area (Å²) in [4.78, 5) is 11.8. The first-order chi connectivity index (χ1) is 14.2. The minimum absolute atomic E-state index is 0.423. The van der Waals surface area contributed by atoms with E-state index in [4.69, 9.17) is 4.74 Å². The number of hydrogen-bond acceptors (Lipinski definition) is 3. The van der Waals surface area contributed by atoms with E-state index in [1.165, 1.54) is 103 Å². The van der Waals surface area contributed by atoms with E-state index in [-0.39, 0.29) is 0 Å². The predicted molar refractivity (Wildman–Crippen MR) is 125 cm³/mol. The number of hydrogen-bond donors (Lipinski definition) is 1. The van der Waals surface area contributed by atoms with Gasteiger partial charge in [0.25, 0.3) is 0 Å². The Balaban J connectivity index is 3.27. The number of unbranched alkanes of at least 4 members (excludes halogenated alkanes) is 18. The number of ether oxygens (including phenoxy) is 1. The molecule has 0 saturated heterocycles. The summed E-state index contributed by atoms with van der Waals surface area (Å²) in [6.07, 6.45) is 25.1. The van der Waals surface area contributed by atoms with Crippen molar-refractivity contribution in [3.63, 3.8) is 0 Å². The van der Waals surface area contributed by atoms with Crippen molar-refractivity contribution in [1.29, 1.82) is 0 Å². The third-order valence-corrected chi connectivity index (χ3v) is 5.85. The molecule has 0 aromatic carbocycles. The minimum Gasteiger partial charge on any atom is -0.464 e. The number of aliphatic hydroxyl groups excluding tert-OH is 1. The van der Waals surface area contributed by atoms with E-state index in [1.807, 2.05) is 0 Å². The van der Waals surface area contributed by atoms with Gasteiger partial charge in [-0.05, 0) is 12.8 Å². The van der Waals surface area contributed by atoms with E-state index in [0.29, 0.717) is 13.0 Å². The fourth-order valence-electron chi connectivity index (χ4n) is 3.80. The van der Waals surface area contributed by atoms with Crippen LogP contribution in [0.4, 0.5) is 0 Å². The van der Waals surface area contributed by atoms with Gasteiger partial charge in [0.1, 0.15) is 0 Å². The van der Waals surface area contributed by atoms with E-state index in [0.717, 1.165) is 25.7 Å².